The van der Waals surface area contributed by atoms with Crippen LogP contribution < -0.4 is 10.6 Å². The van der Waals surface area contributed by atoms with Crippen molar-refractivity contribution in [2.75, 3.05) is 13.1 Å². The third kappa shape index (κ3) is 3.76. The number of carbonyl (C=O) groups excluding carboxylic acids is 1. The summed E-state index contributed by atoms with van der Waals surface area (Å²) in [6.07, 6.45) is 1.64. The minimum Gasteiger partial charge on any atom is -0.369 e. The molecule has 1 amide bonds. The number of nitrogens with one attached hydrogen (secondary N) is 1. The van der Waals surface area contributed by atoms with Crippen LogP contribution in [0.25, 0.3) is 17.1 Å². The van der Waals surface area contributed by atoms with Gasteiger partial charge in [0.25, 0.3) is 0 Å². The summed E-state index contributed by atoms with van der Waals surface area (Å²) in [7, 11) is 0. The van der Waals surface area contributed by atoms with Crippen molar-refractivity contribution in [1.29, 1.82) is 0 Å². The molecule has 7 heteroatoms. The Morgan fingerprint density at radius 1 is 1.07 bits per heavy atom. The zero-order valence-corrected chi connectivity index (χ0v) is 16.4. The lowest BCUT2D eigenvalue weighted by molar-refractivity contribution is -0.928. The van der Waals surface area contributed by atoms with Crippen molar-refractivity contribution >= 4 is 18.1 Å². The zero-order chi connectivity index (χ0) is 19.5. The van der Waals surface area contributed by atoms with Crippen LogP contribution in [0.15, 0.2) is 60.7 Å². The van der Waals surface area contributed by atoms with Gasteiger partial charge in [0.05, 0.1) is 13.1 Å². The van der Waals surface area contributed by atoms with Gasteiger partial charge in [-0.25, -0.2) is 0 Å². The van der Waals surface area contributed by atoms with E-state index in [1.807, 2.05) is 69.9 Å². The quantitative estimate of drug-likeness (QED) is 0.649. The highest BCUT2D eigenvalue weighted by molar-refractivity contribution is 7.71. The number of hydrogen-bond acceptors (Lipinski definition) is 3. The molecule has 0 bridgehead atoms. The first-order chi connectivity index (χ1) is 13.6. The number of quaternary nitrogens is 1. The second-order valence-corrected chi connectivity index (χ2v) is 7.59. The number of nitrogens with zero attached hydrogens (tertiary/aromatic N) is 3. The van der Waals surface area contributed by atoms with E-state index in [1.54, 1.807) is 0 Å². The highest BCUT2D eigenvalue weighted by Gasteiger charge is 2.26. The third-order valence-corrected chi connectivity index (χ3v) is 5.75. The van der Waals surface area contributed by atoms with Gasteiger partial charge >= 0.3 is 0 Å². The van der Waals surface area contributed by atoms with Gasteiger partial charge in [0.1, 0.15) is 0 Å². The van der Waals surface area contributed by atoms with Crippen molar-refractivity contribution in [3.63, 3.8) is 0 Å². The monoisotopic (exact) mass is 394 g/mol. The van der Waals surface area contributed by atoms with Crippen molar-refractivity contribution in [1.82, 2.24) is 14.3 Å². The van der Waals surface area contributed by atoms with E-state index >= 15 is 0 Å². The molecule has 6 nitrogen and oxygen atoms in total. The van der Waals surface area contributed by atoms with Gasteiger partial charge in [-0.05, 0) is 24.4 Å². The summed E-state index contributed by atoms with van der Waals surface area (Å²) in [6, 6.07) is 20.2. The Kier molecular flexibility index (Phi) is 5.36. The summed E-state index contributed by atoms with van der Waals surface area (Å²) in [5.41, 5.74) is 7.48. The number of para-hydroxylation sites is 1. The number of nitrogens with two attached hydrogens (primary N) is 1. The molecule has 0 atom stereocenters. The van der Waals surface area contributed by atoms with Crippen LogP contribution in [-0.2, 0) is 11.5 Å². The van der Waals surface area contributed by atoms with Crippen LogP contribution in [0, 0.1) is 10.7 Å². The van der Waals surface area contributed by atoms with E-state index in [9.17, 15) is 4.79 Å². The second-order valence-electron chi connectivity index (χ2n) is 7.23. The highest BCUT2D eigenvalue weighted by atomic mass is 32.1. The van der Waals surface area contributed by atoms with Gasteiger partial charge in [-0.15, -0.1) is 5.10 Å². The number of piperidine rings is 1. The van der Waals surface area contributed by atoms with Crippen LogP contribution in [-0.4, -0.2) is 33.3 Å². The number of aromatic nitrogens is 3. The highest BCUT2D eigenvalue weighted by Crippen LogP contribution is 2.22. The van der Waals surface area contributed by atoms with Gasteiger partial charge < -0.3 is 10.6 Å². The van der Waals surface area contributed by atoms with Crippen molar-refractivity contribution in [2.45, 2.75) is 19.5 Å². The van der Waals surface area contributed by atoms with Crippen LogP contribution in [0.4, 0.5) is 0 Å². The molecule has 0 unspecified atom stereocenters. The molecule has 4 rings (SSSR count). The number of amides is 1. The maximum atomic E-state index is 11.4. The molecule has 0 spiro atoms. The summed E-state index contributed by atoms with van der Waals surface area (Å²) in [5, 5.41) is 4.87. The molecule has 1 fully saturated rings. The SMILES string of the molecule is NC(=O)C1CC[NH+](Cn2nc(-c3ccccc3)n(-c3ccccc3)c2=S)CC1. The number of benzene rings is 2. The molecule has 1 aliphatic rings. The average Bonchev–Trinajstić information content (AvgIpc) is 3.06. The van der Waals surface area contributed by atoms with Crippen LogP contribution in [0.3, 0.4) is 0 Å². The van der Waals surface area contributed by atoms with Crippen LogP contribution in [0.2, 0.25) is 0 Å². The Bertz CT molecular complexity index is 1000. The molecular formula is C21H24N5OS+. The Balaban J connectivity index is 1.67. The first kappa shape index (κ1) is 18.6. The van der Waals surface area contributed by atoms with E-state index in [1.165, 1.54) is 4.90 Å². The van der Waals surface area contributed by atoms with Crippen LogP contribution >= 0.6 is 12.2 Å². The van der Waals surface area contributed by atoms with Crippen LogP contribution in [0.1, 0.15) is 12.8 Å². The lowest BCUT2D eigenvalue weighted by Gasteiger charge is -2.27. The van der Waals surface area contributed by atoms with E-state index in [4.69, 9.17) is 23.1 Å². The third-order valence-electron chi connectivity index (χ3n) is 5.35. The van der Waals surface area contributed by atoms with Crippen molar-refractivity contribution in [2.24, 2.45) is 11.7 Å². The van der Waals surface area contributed by atoms with Crippen molar-refractivity contribution in [3.05, 3.63) is 65.4 Å². The minimum atomic E-state index is -0.185. The molecular weight excluding hydrogens is 370 g/mol. The zero-order valence-electron chi connectivity index (χ0n) is 15.6. The fraction of sp³-hybridized carbons (Fsp3) is 0.286. The van der Waals surface area contributed by atoms with Gasteiger partial charge in [-0.1, -0.05) is 48.5 Å². The minimum absolute atomic E-state index is 0.00141. The number of hydrogen-bond donors (Lipinski definition) is 2. The normalized spacial score (nSPS) is 19.4. The van der Waals surface area contributed by atoms with E-state index in [0.717, 1.165) is 43.0 Å². The lowest BCUT2D eigenvalue weighted by Crippen LogP contribution is -3.12. The van der Waals surface area contributed by atoms with E-state index in [0.29, 0.717) is 11.4 Å². The average molecular weight is 395 g/mol. The number of rotatable bonds is 5. The molecule has 28 heavy (non-hydrogen) atoms. The molecule has 0 aliphatic carbocycles. The predicted octanol–water partition coefficient (Wildman–Crippen LogP) is 1.81. The smallest absolute Gasteiger partial charge is 0.220 e. The van der Waals surface area contributed by atoms with E-state index < -0.39 is 0 Å². The van der Waals surface area contributed by atoms with E-state index in [2.05, 4.69) is 0 Å². The predicted molar refractivity (Wildman–Crippen MR) is 110 cm³/mol. The molecule has 0 radical (unpaired) electrons. The second kappa shape index (κ2) is 8.08. The summed E-state index contributed by atoms with van der Waals surface area (Å²) in [5.74, 6) is 0.650. The van der Waals surface area contributed by atoms with Gasteiger partial charge in [0.15, 0.2) is 12.5 Å². The molecule has 2 heterocycles. The van der Waals surface area contributed by atoms with Crippen molar-refractivity contribution in [3.8, 4) is 17.1 Å². The Morgan fingerprint density at radius 2 is 1.68 bits per heavy atom. The van der Waals surface area contributed by atoms with Gasteiger partial charge in [-0.2, -0.15) is 4.68 Å². The molecule has 2 aromatic carbocycles. The summed E-state index contributed by atoms with van der Waals surface area (Å²) in [6.45, 7) is 2.48. The molecule has 3 N–H and O–H groups in total. The van der Waals surface area contributed by atoms with E-state index in [-0.39, 0.29) is 11.8 Å². The Labute approximate surface area is 169 Å². The largest absolute Gasteiger partial charge is 0.369 e. The fourth-order valence-corrected chi connectivity index (χ4v) is 4.07. The van der Waals surface area contributed by atoms with Crippen LogP contribution in [0.5, 0.6) is 0 Å². The topological polar surface area (TPSA) is 70.3 Å². The summed E-state index contributed by atoms with van der Waals surface area (Å²) >= 11 is 5.80. The van der Waals surface area contributed by atoms with Gasteiger partial charge in [-0.3, -0.25) is 9.36 Å². The molecule has 1 saturated heterocycles. The standard InChI is InChI=1S/C21H23N5OS/c22-19(27)16-11-13-24(14-12-16)15-25-21(28)26(18-9-5-2-6-10-18)20(23-25)17-7-3-1-4-8-17/h1-10,16H,11-15H2,(H2,22,27)/p+1. The molecule has 144 valence electrons. The summed E-state index contributed by atoms with van der Waals surface area (Å²) < 4.78 is 4.61. The maximum absolute atomic E-state index is 11.4. The molecule has 0 saturated carbocycles. The number of carbonyl (C=O) groups is 1. The first-order valence-corrected chi connectivity index (χ1v) is 9.98. The van der Waals surface area contributed by atoms with Gasteiger partial charge in [0, 0.05) is 30.0 Å². The lowest BCUT2D eigenvalue weighted by atomic mass is 9.97. The van der Waals surface area contributed by atoms with Crippen molar-refractivity contribution < 1.29 is 9.69 Å². The maximum Gasteiger partial charge on any atom is 0.220 e. The van der Waals surface area contributed by atoms with Gasteiger partial charge in [0.2, 0.25) is 10.7 Å². The first-order valence-electron chi connectivity index (χ1n) is 9.57. The molecule has 1 aromatic heterocycles. The summed E-state index contributed by atoms with van der Waals surface area (Å²) in [4.78, 5) is 12.8. The number of likely N-dealkylation sites (tertiary alicyclic amines) is 1. The fourth-order valence-electron chi connectivity index (χ4n) is 3.78. The number of primary amides is 1. The Hall–Kier alpha value is -2.77. The Morgan fingerprint density at radius 3 is 2.29 bits per heavy atom. The molecule has 1 aliphatic heterocycles. The molecule has 3 aromatic rings.